The Bertz CT molecular complexity index is 359. The van der Waals surface area contributed by atoms with Crippen LogP contribution in [-0.4, -0.2) is 23.8 Å². The van der Waals surface area contributed by atoms with Crippen LogP contribution in [0.1, 0.15) is 24.8 Å². The van der Waals surface area contributed by atoms with Crippen molar-refractivity contribution in [2.75, 3.05) is 18.8 Å². The van der Waals surface area contributed by atoms with Gasteiger partial charge in [0.2, 0.25) is 0 Å². The van der Waals surface area contributed by atoms with E-state index in [9.17, 15) is 0 Å². The minimum absolute atomic E-state index is 0. The lowest BCUT2D eigenvalue weighted by Crippen LogP contribution is -2.35. The summed E-state index contributed by atoms with van der Waals surface area (Å²) in [4.78, 5) is 2.14. The van der Waals surface area contributed by atoms with Crippen LogP contribution >= 0.6 is 12.4 Å². The standard InChI is InChI=1S/C12H17N3.ClH/c13-11-6-4-5-10(9-11)12(14)15-7-2-1-3-8-15;/h4-6,9,14H,1-3,7-8,13H2;1H. The molecule has 16 heavy (non-hydrogen) atoms. The van der Waals surface area contributed by atoms with E-state index in [1.165, 1.54) is 19.3 Å². The van der Waals surface area contributed by atoms with Gasteiger partial charge in [0.15, 0.2) is 0 Å². The minimum atomic E-state index is 0. The van der Waals surface area contributed by atoms with Crippen molar-refractivity contribution in [1.29, 1.82) is 5.41 Å². The number of nitrogens with zero attached hydrogens (tertiary/aromatic N) is 1. The van der Waals surface area contributed by atoms with Crippen LogP contribution in [0.25, 0.3) is 0 Å². The topological polar surface area (TPSA) is 53.1 Å². The lowest BCUT2D eigenvalue weighted by Gasteiger charge is -2.29. The zero-order valence-corrected chi connectivity index (χ0v) is 10.1. The number of amidine groups is 1. The van der Waals surface area contributed by atoms with E-state index in [1.54, 1.807) is 0 Å². The number of anilines is 1. The summed E-state index contributed by atoms with van der Waals surface area (Å²) in [7, 11) is 0. The van der Waals surface area contributed by atoms with Crippen molar-refractivity contribution in [3.8, 4) is 0 Å². The third kappa shape index (κ3) is 2.89. The number of hydrogen-bond donors (Lipinski definition) is 2. The molecule has 1 saturated heterocycles. The van der Waals surface area contributed by atoms with E-state index in [1.807, 2.05) is 24.3 Å². The van der Waals surface area contributed by atoms with E-state index < -0.39 is 0 Å². The quantitative estimate of drug-likeness (QED) is 0.450. The van der Waals surface area contributed by atoms with Crippen LogP contribution in [0.4, 0.5) is 5.69 Å². The van der Waals surface area contributed by atoms with Crippen molar-refractivity contribution in [2.45, 2.75) is 19.3 Å². The van der Waals surface area contributed by atoms with Crippen LogP contribution in [0.3, 0.4) is 0 Å². The molecule has 4 heteroatoms. The fraction of sp³-hybridized carbons (Fsp3) is 0.417. The first kappa shape index (κ1) is 12.8. The first-order valence-electron chi connectivity index (χ1n) is 5.47. The fourth-order valence-corrected chi connectivity index (χ4v) is 1.99. The molecule has 1 aromatic rings. The van der Waals surface area contributed by atoms with Crippen molar-refractivity contribution in [3.63, 3.8) is 0 Å². The van der Waals surface area contributed by atoms with Gasteiger partial charge in [-0.2, -0.15) is 0 Å². The molecule has 0 aromatic heterocycles. The smallest absolute Gasteiger partial charge is 0.128 e. The average Bonchev–Trinajstić information content (AvgIpc) is 2.29. The maximum atomic E-state index is 8.09. The van der Waals surface area contributed by atoms with E-state index in [2.05, 4.69) is 4.90 Å². The first-order chi connectivity index (χ1) is 7.27. The second-order valence-electron chi connectivity index (χ2n) is 4.02. The molecule has 1 aromatic carbocycles. The van der Waals surface area contributed by atoms with Crippen molar-refractivity contribution in [3.05, 3.63) is 29.8 Å². The lowest BCUT2D eigenvalue weighted by molar-refractivity contribution is 0.341. The van der Waals surface area contributed by atoms with Gasteiger partial charge in [0, 0.05) is 24.3 Å². The van der Waals surface area contributed by atoms with Crippen LogP contribution in [0.15, 0.2) is 24.3 Å². The Morgan fingerprint density at radius 2 is 1.88 bits per heavy atom. The molecule has 0 radical (unpaired) electrons. The summed E-state index contributed by atoms with van der Waals surface area (Å²) < 4.78 is 0. The summed E-state index contributed by atoms with van der Waals surface area (Å²) in [5, 5.41) is 8.09. The van der Waals surface area contributed by atoms with Crippen molar-refractivity contribution >= 4 is 23.9 Å². The molecule has 1 aliphatic heterocycles. The normalized spacial score (nSPS) is 15.4. The Morgan fingerprint density at radius 3 is 2.50 bits per heavy atom. The van der Waals surface area contributed by atoms with Crippen molar-refractivity contribution in [2.24, 2.45) is 0 Å². The first-order valence-corrected chi connectivity index (χ1v) is 5.47. The van der Waals surface area contributed by atoms with Crippen molar-refractivity contribution in [1.82, 2.24) is 4.90 Å². The van der Waals surface area contributed by atoms with E-state index in [0.717, 1.165) is 24.3 Å². The summed E-state index contributed by atoms with van der Waals surface area (Å²) in [5.41, 5.74) is 7.37. The Kier molecular flexibility index (Phi) is 4.62. The number of hydrogen-bond acceptors (Lipinski definition) is 2. The molecule has 2 rings (SSSR count). The summed E-state index contributed by atoms with van der Waals surface area (Å²) >= 11 is 0. The van der Waals surface area contributed by atoms with Gasteiger partial charge in [-0.05, 0) is 31.4 Å². The number of nitrogens with two attached hydrogens (primary N) is 1. The van der Waals surface area contributed by atoms with Crippen LogP contribution in [0.2, 0.25) is 0 Å². The van der Waals surface area contributed by atoms with E-state index in [4.69, 9.17) is 11.1 Å². The second-order valence-corrected chi connectivity index (χ2v) is 4.02. The summed E-state index contributed by atoms with van der Waals surface area (Å²) in [5.74, 6) is 0.613. The number of nitrogen functional groups attached to an aromatic ring is 1. The molecule has 3 nitrogen and oxygen atoms in total. The molecule has 0 amide bonds. The molecular formula is C12H18ClN3. The molecule has 0 spiro atoms. The third-order valence-electron chi connectivity index (χ3n) is 2.83. The van der Waals surface area contributed by atoms with Crippen LogP contribution in [0.5, 0.6) is 0 Å². The molecule has 0 aliphatic carbocycles. The highest BCUT2D eigenvalue weighted by molar-refractivity contribution is 5.97. The van der Waals surface area contributed by atoms with Gasteiger partial charge in [0.05, 0.1) is 0 Å². The molecule has 0 saturated carbocycles. The molecule has 1 fully saturated rings. The van der Waals surface area contributed by atoms with Gasteiger partial charge in [-0.3, -0.25) is 5.41 Å². The highest BCUT2D eigenvalue weighted by atomic mass is 35.5. The van der Waals surface area contributed by atoms with Crippen LogP contribution < -0.4 is 5.73 Å². The molecular weight excluding hydrogens is 222 g/mol. The summed E-state index contributed by atoms with van der Waals surface area (Å²) in [6.07, 6.45) is 3.69. The predicted molar refractivity (Wildman–Crippen MR) is 70.4 cm³/mol. The monoisotopic (exact) mass is 239 g/mol. The zero-order valence-electron chi connectivity index (χ0n) is 9.28. The zero-order chi connectivity index (χ0) is 10.7. The van der Waals surface area contributed by atoms with Gasteiger partial charge in [-0.15, -0.1) is 12.4 Å². The minimum Gasteiger partial charge on any atom is -0.399 e. The molecule has 1 aliphatic rings. The van der Waals surface area contributed by atoms with Gasteiger partial charge in [0.25, 0.3) is 0 Å². The Labute approximate surface area is 103 Å². The van der Waals surface area contributed by atoms with Gasteiger partial charge in [0.1, 0.15) is 5.84 Å². The van der Waals surface area contributed by atoms with Crippen molar-refractivity contribution < 1.29 is 0 Å². The molecule has 0 bridgehead atoms. The maximum absolute atomic E-state index is 8.09. The maximum Gasteiger partial charge on any atom is 0.128 e. The molecule has 88 valence electrons. The summed E-state index contributed by atoms with van der Waals surface area (Å²) in [6, 6.07) is 7.58. The van der Waals surface area contributed by atoms with Gasteiger partial charge in [-0.25, -0.2) is 0 Å². The van der Waals surface area contributed by atoms with Crippen LogP contribution in [-0.2, 0) is 0 Å². The molecule has 0 atom stereocenters. The average molecular weight is 240 g/mol. The third-order valence-corrected chi connectivity index (χ3v) is 2.83. The van der Waals surface area contributed by atoms with Crippen LogP contribution in [0, 0.1) is 5.41 Å². The number of halogens is 1. The Morgan fingerprint density at radius 1 is 1.19 bits per heavy atom. The number of piperidine rings is 1. The Balaban J connectivity index is 0.00000128. The highest BCUT2D eigenvalue weighted by Gasteiger charge is 2.14. The van der Waals surface area contributed by atoms with Gasteiger partial charge in [-0.1, -0.05) is 12.1 Å². The highest BCUT2D eigenvalue weighted by Crippen LogP contribution is 2.14. The SMILES string of the molecule is Cl.N=C(c1cccc(N)c1)N1CCCCC1. The fourth-order valence-electron chi connectivity index (χ4n) is 1.99. The molecule has 1 heterocycles. The number of benzene rings is 1. The predicted octanol–water partition coefficient (Wildman–Crippen LogP) is 2.50. The summed E-state index contributed by atoms with van der Waals surface area (Å²) in [6.45, 7) is 2.02. The second kappa shape index (κ2) is 5.75. The largest absolute Gasteiger partial charge is 0.399 e. The lowest BCUT2D eigenvalue weighted by atomic mass is 10.1. The molecule has 0 unspecified atom stereocenters. The number of likely N-dealkylation sites (tertiary alicyclic amines) is 1. The van der Waals surface area contributed by atoms with Gasteiger partial charge >= 0.3 is 0 Å². The van der Waals surface area contributed by atoms with Gasteiger partial charge < -0.3 is 10.6 Å². The number of rotatable bonds is 1. The Hall–Kier alpha value is -1.22. The van der Waals surface area contributed by atoms with E-state index in [-0.39, 0.29) is 12.4 Å². The number of nitrogens with one attached hydrogen (secondary N) is 1. The van der Waals surface area contributed by atoms with E-state index >= 15 is 0 Å². The molecule has 3 N–H and O–H groups in total. The van der Waals surface area contributed by atoms with E-state index in [0.29, 0.717) is 5.84 Å².